The maximum atomic E-state index is 13.7. The number of amides is 1. The number of hydrogen-bond acceptors (Lipinski definition) is 5. The first-order valence-corrected chi connectivity index (χ1v) is 12.9. The number of hydrogen-bond donors (Lipinski definition) is 2. The molecule has 1 amide bonds. The first-order chi connectivity index (χ1) is 16.7. The minimum Gasteiger partial charge on any atom is -0.376 e. The van der Waals surface area contributed by atoms with Crippen LogP contribution in [0.15, 0.2) is 47.4 Å². The van der Waals surface area contributed by atoms with Crippen molar-refractivity contribution >= 4 is 21.6 Å². The predicted molar refractivity (Wildman–Crippen MR) is 124 cm³/mol. The third-order valence-corrected chi connectivity index (χ3v) is 8.75. The standard InChI is InChI=1S/C24H27F4N3O4S/c1-23(33,24(26,27)28)16-3-9-21-15(12-16)2-6-19(13-22(32)30-11-10-18(29)14-30)31(21)36(34,35)20-7-4-17(25)5-8-20/h3-5,7-9,12,18-19,33H,2,6,10-11,13-14,29H2,1H3/t18-,19+,23?/m1/s1. The number of carbonyl (C=O) groups is 1. The Balaban J connectivity index is 1.76. The molecule has 7 nitrogen and oxygen atoms in total. The highest BCUT2D eigenvalue weighted by molar-refractivity contribution is 7.92. The number of aryl methyl sites for hydroxylation is 1. The summed E-state index contributed by atoms with van der Waals surface area (Å²) in [4.78, 5) is 14.3. The largest absolute Gasteiger partial charge is 0.421 e. The summed E-state index contributed by atoms with van der Waals surface area (Å²) in [6, 6.07) is 6.61. The fourth-order valence-corrected chi connectivity index (χ4v) is 6.40. The van der Waals surface area contributed by atoms with E-state index in [9.17, 15) is 35.9 Å². The first-order valence-electron chi connectivity index (χ1n) is 11.5. The van der Waals surface area contributed by atoms with Gasteiger partial charge in [-0.15, -0.1) is 0 Å². The van der Waals surface area contributed by atoms with Crippen LogP contribution in [0.4, 0.5) is 23.2 Å². The molecule has 2 aromatic rings. The molecule has 2 aliphatic rings. The number of nitrogens with zero attached hydrogens (tertiary/aromatic N) is 2. The highest BCUT2D eigenvalue weighted by Crippen LogP contribution is 2.43. The summed E-state index contributed by atoms with van der Waals surface area (Å²) in [5.74, 6) is -0.906. The molecular weight excluding hydrogens is 502 g/mol. The molecule has 0 aliphatic carbocycles. The van der Waals surface area contributed by atoms with Crippen molar-refractivity contribution in [3.8, 4) is 0 Å². The van der Waals surface area contributed by atoms with Gasteiger partial charge in [0.25, 0.3) is 10.0 Å². The maximum absolute atomic E-state index is 13.7. The van der Waals surface area contributed by atoms with Crippen LogP contribution in [0.3, 0.4) is 0 Å². The average molecular weight is 530 g/mol. The fourth-order valence-electron chi connectivity index (χ4n) is 4.68. The summed E-state index contributed by atoms with van der Waals surface area (Å²) in [7, 11) is -4.31. The number of fused-ring (bicyclic) bond motifs is 1. The number of rotatable bonds is 5. The molecule has 2 aromatic carbocycles. The van der Waals surface area contributed by atoms with Gasteiger partial charge in [-0.05, 0) is 67.6 Å². The third kappa shape index (κ3) is 4.81. The molecular formula is C24H27F4N3O4S. The molecule has 4 rings (SSSR count). The number of carbonyl (C=O) groups excluding carboxylic acids is 1. The van der Waals surface area contributed by atoms with Gasteiger partial charge in [0.05, 0.1) is 16.6 Å². The second-order valence-corrected chi connectivity index (χ2v) is 11.3. The Hall–Kier alpha value is -2.70. The van der Waals surface area contributed by atoms with Crippen molar-refractivity contribution < 1.29 is 35.9 Å². The van der Waals surface area contributed by atoms with Crippen LogP contribution in [0, 0.1) is 5.82 Å². The molecule has 2 aliphatic heterocycles. The van der Waals surface area contributed by atoms with Crippen LogP contribution < -0.4 is 10.0 Å². The second-order valence-electron chi connectivity index (χ2n) is 9.45. The van der Waals surface area contributed by atoms with Gasteiger partial charge in [-0.25, -0.2) is 12.8 Å². The van der Waals surface area contributed by atoms with E-state index < -0.39 is 39.2 Å². The number of halogens is 4. The van der Waals surface area contributed by atoms with E-state index in [-0.39, 0.29) is 47.4 Å². The van der Waals surface area contributed by atoms with Crippen LogP contribution in [-0.2, 0) is 26.8 Å². The average Bonchev–Trinajstić information content (AvgIpc) is 3.24. The number of nitrogens with two attached hydrogens (primary N) is 1. The van der Waals surface area contributed by atoms with E-state index in [0.717, 1.165) is 40.7 Å². The topological polar surface area (TPSA) is 104 Å². The van der Waals surface area contributed by atoms with Crippen molar-refractivity contribution in [1.29, 1.82) is 0 Å². The van der Waals surface area contributed by atoms with Gasteiger partial charge < -0.3 is 15.7 Å². The van der Waals surface area contributed by atoms with E-state index in [1.54, 1.807) is 4.90 Å². The lowest BCUT2D eigenvalue weighted by Crippen LogP contribution is -2.47. The lowest BCUT2D eigenvalue weighted by molar-refractivity contribution is -0.258. The molecule has 36 heavy (non-hydrogen) atoms. The number of sulfonamides is 1. The molecule has 196 valence electrons. The van der Waals surface area contributed by atoms with Crippen molar-refractivity contribution in [2.24, 2.45) is 5.73 Å². The second kappa shape index (κ2) is 9.31. The van der Waals surface area contributed by atoms with Gasteiger partial charge in [-0.1, -0.05) is 12.1 Å². The Bertz CT molecular complexity index is 1250. The quantitative estimate of drug-likeness (QED) is 0.580. The zero-order valence-electron chi connectivity index (χ0n) is 19.5. The molecule has 1 unspecified atom stereocenters. The van der Waals surface area contributed by atoms with Crippen molar-refractivity contribution in [2.45, 2.75) is 61.4 Å². The first kappa shape index (κ1) is 26.4. The summed E-state index contributed by atoms with van der Waals surface area (Å²) >= 11 is 0. The van der Waals surface area contributed by atoms with Crippen molar-refractivity contribution in [3.63, 3.8) is 0 Å². The summed E-state index contributed by atoms with van der Waals surface area (Å²) in [6.45, 7) is 1.46. The molecule has 12 heteroatoms. The van der Waals surface area contributed by atoms with Crippen molar-refractivity contribution in [1.82, 2.24) is 4.90 Å². The van der Waals surface area contributed by atoms with Crippen molar-refractivity contribution in [2.75, 3.05) is 17.4 Å². The van der Waals surface area contributed by atoms with Crippen LogP contribution in [0.5, 0.6) is 0 Å². The van der Waals surface area contributed by atoms with E-state index in [1.807, 2.05) is 0 Å². The molecule has 3 N–H and O–H groups in total. The van der Waals surface area contributed by atoms with E-state index in [2.05, 4.69) is 0 Å². The SMILES string of the molecule is CC(O)(c1ccc2c(c1)CC[C@@H](CC(=O)N1CC[C@@H](N)C1)N2S(=O)(=O)c1ccc(F)cc1)C(F)(F)F. The maximum Gasteiger partial charge on any atom is 0.421 e. The van der Waals surface area contributed by atoms with Crippen LogP contribution in [0.1, 0.15) is 37.3 Å². The van der Waals surface area contributed by atoms with Gasteiger partial charge in [0.2, 0.25) is 5.91 Å². The van der Waals surface area contributed by atoms with Crippen LogP contribution in [-0.4, -0.2) is 55.7 Å². The van der Waals surface area contributed by atoms with Gasteiger partial charge in [0.1, 0.15) is 5.82 Å². The molecule has 0 bridgehead atoms. The van der Waals surface area contributed by atoms with E-state index >= 15 is 0 Å². The van der Waals surface area contributed by atoms with Gasteiger partial charge in [0, 0.05) is 25.6 Å². The molecule has 2 heterocycles. The molecule has 3 atom stereocenters. The highest BCUT2D eigenvalue weighted by Gasteiger charge is 2.51. The number of aliphatic hydroxyl groups is 1. The monoisotopic (exact) mass is 529 g/mol. The molecule has 0 radical (unpaired) electrons. The fraction of sp³-hybridized carbons (Fsp3) is 0.458. The summed E-state index contributed by atoms with van der Waals surface area (Å²) < 4.78 is 82.2. The number of likely N-dealkylation sites (tertiary alicyclic amines) is 1. The number of anilines is 1. The Morgan fingerprint density at radius 2 is 1.81 bits per heavy atom. The zero-order valence-corrected chi connectivity index (χ0v) is 20.3. The van der Waals surface area contributed by atoms with E-state index in [0.29, 0.717) is 26.4 Å². The summed E-state index contributed by atoms with van der Waals surface area (Å²) in [5, 5.41) is 10.1. The Labute approximate surface area is 206 Å². The van der Waals surface area contributed by atoms with Crippen molar-refractivity contribution in [3.05, 3.63) is 59.4 Å². The van der Waals surface area contributed by atoms with Gasteiger partial charge in [-0.2, -0.15) is 13.2 Å². The Morgan fingerprint density at radius 1 is 1.14 bits per heavy atom. The highest BCUT2D eigenvalue weighted by atomic mass is 32.2. The lowest BCUT2D eigenvalue weighted by Gasteiger charge is -2.39. The summed E-state index contributed by atoms with van der Waals surface area (Å²) in [6.07, 6.45) is -4.09. The number of alkyl halides is 3. The van der Waals surface area contributed by atoms with Crippen LogP contribution >= 0.6 is 0 Å². The number of benzene rings is 2. The molecule has 1 saturated heterocycles. The van der Waals surface area contributed by atoms with Gasteiger partial charge in [-0.3, -0.25) is 9.10 Å². The summed E-state index contributed by atoms with van der Waals surface area (Å²) in [5.41, 5.74) is 2.74. The normalized spacial score (nSPS) is 22.3. The molecule has 0 saturated carbocycles. The minimum absolute atomic E-state index is 0.114. The van der Waals surface area contributed by atoms with Crippen LogP contribution in [0.2, 0.25) is 0 Å². The van der Waals surface area contributed by atoms with Crippen LogP contribution in [0.25, 0.3) is 0 Å². The predicted octanol–water partition coefficient (Wildman–Crippen LogP) is 3.06. The Morgan fingerprint density at radius 3 is 2.39 bits per heavy atom. The Kier molecular flexibility index (Phi) is 6.82. The molecule has 0 spiro atoms. The minimum atomic E-state index is -4.94. The smallest absolute Gasteiger partial charge is 0.376 e. The van der Waals surface area contributed by atoms with E-state index in [1.165, 1.54) is 6.07 Å². The third-order valence-electron chi connectivity index (χ3n) is 6.87. The van der Waals surface area contributed by atoms with E-state index in [4.69, 9.17) is 5.73 Å². The molecule has 1 fully saturated rings. The zero-order chi connectivity index (χ0) is 26.5. The lowest BCUT2D eigenvalue weighted by atomic mass is 9.89. The molecule has 0 aromatic heterocycles. The van der Waals surface area contributed by atoms with Gasteiger partial charge in [0.15, 0.2) is 5.60 Å². The van der Waals surface area contributed by atoms with Gasteiger partial charge >= 0.3 is 6.18 Å².